The Labute approximate surface area is 160 Å². The van der Waals surface area contributed by atoms with Gasteiger partial charge in [-0.25, -0.2) is 4.98 Å². The number of aromatic nitrogens is 2. The van der Waals surface area contributed by atoms with Gasteiger partial charge in [-0.15, -0.1) is 0 Å². The predicted octanol–water partition coefficient (Wildman–Crippen LogP) is 4.00. The lowest BCUT2D eigenvalue weighted by atomic mass is 10.0. The van der Waals surface area contributed by atoms with E-state index in [-0.39, 0.29) is 5.79 Å². The minimum Gasteiger partial charge on any atom is -0.356 e. The first-order chi connectivity index (χ1) is 13.0. The molecule has 2 aliphatic heterocycles. The highest BCUT2D eigenvalue weighted by atomic mass is 16.7. The fourth-order valence-electron chi connectivity index (χ4n) is 3.71. The van der Waals surface area contributed by atoms with Crippen LogP contribution in [0.3, 0.4) is 0 Å². The minimum absolute atomic E-state index is 0.363. The van der Waals surface area contributed by atoms with Gasteiger partial charge >= 0.3 is 0 Å². The van der Waals surface area contributed by atoms with Crippen molar-refractivity contribution < 1.29 is 9.47 Å². The summed E-state index contributed by atoms with van der Waals surface area (Å²) in [6.07, 6.45) is 1.74. The Bertz CT molecular complexity index is 775. The van der Waals surface area contributed by atoms with Gasteiger partial charge in [0.25, 0.3) is 0 Å². The molecule has 27 heavy (non-hydrogen) atoms. The van der Waals surface area contributed by atoms with E-state index in [4.69, 9.17) is 14.5 Å². The number of nitrogens with one attached hydrogen (secondary N) is 1. The summed E-state index contributed by atoms with van der Waals surface area (Å²) in [7, 11) is 0. The standard InChI is InChI=1S/C21H28N4O2/c1-15(2)17-4-6-18(7-5-17)23-20-22-16(3)14-19(24-20)25-10-8-21(9-11-25)26-12-13-27-21/h4-7,14-15H,8-13H2,1-3H3,(H,22,23,24). The van der Waals surface area contributed by atoms with Crippen LogP contribution in [-0.4, -0.2) is 42.1 Å². The summed E-state index contributed by atoms with van der Waals surface area (Å²) >= 11 is 0. The number of aryl methyl sites for hydroxylation is 1. The molecular weight excluding hydrogens is 340 g/mol. The predicted molar refractivity (Wildman–Crippen MR) is 107 cm³/mol. The van der Waals surface area contributed by atoms with Crippen LogP contribution in [0.1, 0.15) is 43.9 Å². The Morgan fingerprint density at radius 3 is 2.33 bits per heavy atom. The zero-order valence-corrected chi connectivity index (χ0v) is 16.4. The van der Waals surface area contributed by atoms with Crippen molar-refractivity contribution in [1.82, 2.24) is 9.97 Å². The highest BCUT2D eigenvalue weighted by molar-refractivity contribution is 5.56. The van der Waals surface area contributed by atoms with Crippen LogP contribution >= 0.6 is 0 Å². The van der Waals surface area contributed by atoms with Crippen molar-refractivity contribution in [2.75, 3.05) is 36.5 Å². The van der Waals surface area contributed by atoms with E-state index in [2.05, 4.69) is 53.3 Å². The summed E-state index contributed by atoms with van der Waals surface area (Å²) < 4.78 is 11.6. The fraction of sp³-hybridized carbons (Fsp3) is 0.524. The first-order valence-electron chi connectivity index (χ1n) is 9.79. The van der Waals surface area contributed by atoms with Gasteiger partial charge in [0.15, 0.2) is 5.79 Å². The molecule has 0 aliphatic carbocycles. The Morgan fingerprint density at radius 2 is 1.70 bits per heavy atom. The summed E-state index contributed by atoms with van der Waals surface area (Å²) in [5.41, 5.74) is 3.28. The smallest absolute Gasteiger partial charge is 0.229 e. The molecule has 4 rings (SSSR count). The van der Waals surface area contributed by atoms with Crippen molar-refractivity contribution in [3.8, 4) is 0 Å². The van der Waals surface area contributed by atoms with Crippen molar-refractivity contribution in [2.24, 2.45) is 0 Å². The van der Waals surface area contributed by atoms with Crippen LogP contribution in [0.15, 0.2) is 30.3 Å². The number of piperidine rings is 1. The van der Waals surface area contributed by atoms with Gasteiger partial charge in [0.1, 0.15) is 5.82 Å². The molecule has 1 aromatic heterocycles. The number of rotatable bonds is 4. The molecule has 1 spiro atoms. The van der Waals surface area contributed by atoms with Gasteiger partial charge in [-0.05, 0) is 30.5 Å². The summed E-state index contributed by atoms with van der Waals surface area (Å²) in [4.78, 5) is 11.6. The van der Waals surface area contributed by atoms with E-state index in [0.717, 1.165) is 43.1 Å². The number of anilines is 3. The van der Waals surface area contributed by atoms with Crippen molar-refractivity contribution in [1.29, 1.82) is 0 Å². The van der Waals surface area contributed by atoms with Gasteiger partial charge in [0.05, 0.1) is 13.2 Å². The molecule has 0 radical (unpaired) electrons. The fourth-order valence-corrected chi connectivity index (χ4v) is 3.71. The highest BCUT2D eigenvalue weighted by Crippen LogP contribution is 2.33. The summed E-state index contributed by atoms with van der Waals surface area (Å²) in [5.74, 6) is 1.75. The molecule has 0 unspecified atom stereocenters. The van der Waals surface area contributed by atoms with Crippen LogP contribution in [0.25, 0.3) is 0 Å². The minimum atomic E-state index is -0.363. The average Bonchev–Trinajstić information content (AvgIpc) is 3.10. The molecule has 6 nitrogen and oxygen atoms in total. The molecule has 3 heterocycles. The Morgan fingerprint density at radius 1 is 1.04 bits per heavy atom. The lowest BCUT2D eigenvalue weighted by molar-refractivity contribution is -0.169. The van der Waals surface area contributed by atoms with Gasteiger partial charge in [-0.2, -0.15) is 4.98 Å². The summed E-state index contributed by atoms with van der Waals surface area (Å²) in [5, 5.41) is 3.34. The second-order valence-electron chi connectivity index (χ2n) is 7.69. The number of ether oxygens (including phenoxy) is 2. The van der Waals surface area contributed by atoms with E-state index < -0.39 is 0 Å². The SMILES string of the molecule is Cc1cc(N2CCC3(CC2)OCCO3)nc(Nc2ccc(C(C)C)cc2)n1. The van der Waals surface area contributed by atoms with E-state index >= 15 is 0 Å². The molecule has 144 valence electrons. The quantitative estimate of drug-likeness (QED) is 0.880. The lowest BCUT2D eigenvalue weighted by Gasteiger charge is -2.38. The maximum absolute atomic E-state index is 5.82. The molecular formula is C21H28N4O2. The Hall–Kier alpha value is -2.18. The van der Waals surface area contributed by atoms with Crippen molar-refractivity contribution in [3.63, 3.8) is 0 Å². The molecule has 1 N–H and O–H groups in total. The van der Waals surface area contributed by atoms with Crippen LogP contribution < -0.4 is 10.2 Å². The third kappa shape index (κ3) is 4.06. The normalized spacial score (nSPS) is 19.0. The van der Waals surface area contributed by atoms with Gasteiger partial charge in [-0.1, -0.05) is 26.0 Å². The van der Waals surface area contributed by atoms with Crippen LogP contribution in [0.4, 0.5) is 17.5 Å². The van der Waals surface area contributed by atoms with E-state index in [1.807, 2.05) is 13.0 Å². The number of benzene rings is 1. The molecule has 2 saturated heterocycles. The van der Waals surface area contributed by atoms with E-state index in [1.165, 1.54) is 5.56 Å². The maximum Gasteiger partial charge on any atom is 0.229 e. The second kappa shape index (κ2) is 7.44. The molecule has 0 amide bonds. The zero-order chi connectivity index (χ0) is 18.9. The third-order valence-corrected chi connectivity index (χ3v) is 5.34. The molecule has 2 aromatic rings. The first-order valence-corrected chi connectivity index (χ1v) is 9.79. The third-order valence-electron chi connectivity index (χ3n) is 5.34. The van der Waals surface area contributed by atoms with E-state index in [1.54, 1.807) is 0 Å². The lowest BCUT2D eigenvalue weighted by Crippen LogP contribution is -2.45. The summed E-state index contributed by atoms with van der Waals surface area (Å²) in [6.45, 7) is 9.56. The maximum atomic E-state index is 5.82. The molecule has 6 heteroatoms. The monoisotopic (exact) mass is 368 g/mol. The van der Waals surface area contributed by atoms with Crippen LogP contribution in [-0.2, 0) is 9.47 Å². The van der Waals surface area contributed by atoms with E-state index in [9.17, 15) is 0 Å². The number of nitrogens with zero attached hydrogens (tertiary/aromatic N) is 3. The molecule has 0 atom stereocenters. The van der Waals surface area contributed by atoms with Gasteiger partial charge in [-0.3, -0.25) is 0 Å². The van der Waals surface area contributed by atoms with Gasteiger partial charge in [0.2, 0.25) is 5.95 Å². The van der Waals surface area contributed by atoms with Crippen LogP contribution in [0.5, 0.6) is 0 Å². The molecule has 2 aliphatic rings. The number of hydrogen-bond acceptors (Lipinski definition) is 6. The van der Waals surface area contributed by atoms with Crippen molar-refractivity contribution >= 4 is 17.5 Å². The largest absolute Gasteiger partial charge is 0.356 e. The topological polar surface area (TPSA) is 59.5 Å². The Balaban J connectivity index is 1.46. The number of hydrogen-bond donors (Lipinski definition) is 1. The van der Waals surface area contributed by atoms with E-state index in [0.29, 0.717) is 25.1 Å². The van der Waals surface area contributed by atoms with Crippen LogP contribution in [0, 0.1) is 6.92 Å². The van der Waals surface area contributed by atoms with Gasteiger partial charge < -0.3 is 19.7 Å². The molecule has 0 bridgehead atoms. The zero-order valence-electron chi connectivity index (χ0n) is 16.4. The second-order valence-corrected chi connectivity index (χ2v) is 7.69. The van der Waals surface area contributed by atoms with Gasteiger partial charge in [0, 0.05) is 43.4 Å². The first kappa shape index (κ1) is 18.2. The molecule has 2 fully saturated rings. The highest BCUT2D eigenvalue weighted by Gasteiger charge is 2.40. The van der Waals surface area contributed by atoms with Crippen molar-refractivity contribution in [2.45, 2.75) is 45.3 Å². The molecule has 0 saturated carbocycles. The summed E-state index contributed by atoms with van der Waals surface area (Å²) in [6, 6.07) is 10.5. The average molecular weight is 368 g/mol. The Kier molecular flexibility index (Phi) is 5.02. The van der Waals surface area contributed by atoms with Crippen LogP contribution in [0.2, 0.25) is 0 Å². The molecule has 1 aromatic carbocycles. The van der Waals surface area contributed by atoms with Crippen molar-refractivity contribution in [3.05, 3.63) is 41.6 Å².